The largest absolute Gasteiger partial charge is 0.339 e. The lowest BCUT2D eigenvalue weighted by Gasteiger charge is -2.36. The number of hydrogen-bond acceptors (Lipinski definition) is 4. The molecule has 0 amide bonds. The van der Waals surface area contributed by atoms with E-state index in [4.69, 9.17) is 5.73 Å². The number of rotatable bonds is 2. The molecule has 1 saturated carbocycles. The molecule has 0 aromatic carbocycles. The van der Waals surface area contributed by atoms with Crippen LogP contribution < -0.4 is 5.73 Å². The molecule has 0 atom stereocenters. The molecule has 5 heteroatoms. The number of nitrogens with one attached hydrogen (secondary N) is 1. The molecule has 5 nitrogen and oxygen atoms in total. The summed E-state index contributed by atoms with van der Waals surface area (Å²) >= 11 is 0. The van der Waals surface area contributed by atoms with E-state index in [1.165, 1.54) is 19.2 Å². The zero-order chi connectivity index (χ0) is 12.6. The maximum atomic E-state index is 6.04. The number of nitrogens with zero attached hydrogens (tertiary/aromatic N) is 3. The lowest BCUT2D eigenvalue weighted by atomic mass is 9.70. The molecule has 1 aliphatic carbocycles. The first-order valence-corrected chi connectivity index (χ1v) is 6.60. The second-order valence-electron chi connectivity index (χ2n) is 5.51. The van der Waals surface area contributed by atoms with Crippen molar-refractivity contribution >= 4 is 11.2 Å². The van der Waals surface area contributed by atoms with Crippen molar-refractivity contribution in [2.75, 3.05) is 6.54 Å². The Morgan fingerprint density at radius 1 is 1.44 bits per heavy atom. The number of imidazole rings is 1. The van der Waals surface area contributed by atoms with E-state index in [0.717, 1.165) is 35.7 Å². The minimum atomic E-state index is 0.00715. The van der Waals surface area contributed by atoms with Crippen molar-refractivity contribution in [3.05, 3.63) is 18.3 Å². The number of fused-ring (bicyclic) bond motifs is 1. The van der Waals surface area contributed by atoms with Gasteiger partial charge < -0.3 is 10.7 Å². The lowest BCUT2D eigenvalue weighted by molar-refractivity contribution is 0.238. The van der Waals surface area contributed by atoms with Crippen LogP contribution in [0, 0.1) is 5.92 Å². The Bertz CT molecular complexity index is 506. The van der Waals surface area contributed by atoms with Crippen LogP contribution in [-0.2, 0) is 5.41 Å². The number of aromatic nitrogens is 4. The minimum Gasteiger partial charge on any atom is -0.339 e. The van der Waals surface area contributed by atoms with Gasteiger partial charge in [-0.3, -0.25) is 0 Å². The molecule has 96 valence electrons. The summed E-state index contributed by atoms with van der Waals surface area (Å²) in [5.41, 5.74) is 7.69. The molecule has 3 rings (SSSR count). The Balaban J connectivity index is 2.00. The molecule has 0 radical (unpaired) electrons. The van der Waals surface area contributed by atoms with Gasteiger partial charge in [0.15, 0.2) is 5.65 Å². The van der Waals surface area contributed by atoms with Gasteiger partial charge in [0.1, 0.15) is 17.7 Å². The molecule has 2 aromatic rings. The van der Waals surface area contributed by atoms with Crippen LogP contribution in [0.5, 0.6) is 0 Å². The van der Waals surface area contributed by atoms with Gasteiger partial charge in [0.25, 0.3) is 0 Å². The summed E-state index contributed by atoms with van der Waals surface area (Å²) in [5.74, 6) is 1.79. The summed E-state index contributed by atoms with van der Waals surface area (Å²) in [5, 5.41) is 0. The summed E-state index contributed by atoms with van der Waals surface area (Å²) < 4.78 is 0. The second-order valence-corrected chi connectivity index (χ2v) is 5.51. The van der Waals surface area contributed by atoms with Crippen LogP contribution in [0.15, 0.2) is 12.5 Å². The topological polar surface area (TPSA) is 80.5 Å². The second kappa shape index (κ2) is 4.31. The average molecular weight is 245 g/mol. The predicted octanol–water partition coefficient (Wildman–Crippen LogP) is 1.76. The standard InChI is InChI=1S/C13H19N5/c1-9-2-4-13(7-14,5-3-9)12-17-10-6-15-8-16-11(10)18-12/h6,8-9H,2-5,7,14H2,1H3,(H,15,16,17,18). The number of aromatic amines is 1. The van der Waals surface area contributed by atoms with Crippen molar-refractivity contribution in [2.45, 2.75) is 38.0 Å². The normalized spacial score (nSPS) is 28.7. The highest BCUT2D eigenvalue weighted by Crippen LogP contribution is 2.39. The van der Waals surface area contributed by atoms with E-state index in [-0.39, 0.29) is 5.41 Å². The van der Waals surface area contributed by atoms with Crippen molar-refractivity contribution < 1.29 is 0 Å². The third-order valence-corrected chi connectivity index (χ3v) is 4.29. The van der Waals surface area contributed by atoms with Gasteiger partial charge in [-0.2, -0.15) is 0 Å². The molecule has 0 spiro atoms. The first-order valence-electron chi connectivity index (χ1n) is 6.60. The zero-order valence-electron chi connectivity index (χ0n) is 10.7. The van der Waals surface area contributed by atoms with Crippen LogP contribution >= 0.6 is 0 Å². The highest BCUT2D eigenvalue weighted by Gasteiger charge is 2.37. The molecule has 2 heterocycles. The smallest absolute Gasteiger partial charge is 0.180 e. The minimum absolute atomic E-state index is 0.00715. The van der Waals surface area contributed by atoms with Crippen molar-refractivity contribution in [3.8, 4) is 0 Å². The molecule has 3 N–H and O–H groups in total. The van der Waals surface area contributed by atoms with Crippen LogP contribution in [0.25, 0.3) is 11.2 Å². The molecular weight excluding hydrogens is 226 g/mol. The summed E-state index contributed by atoms with van der Waals surface area (Å²) in [6.45, 7) is 2.96. The molecule has 1 fully saturated rings. The van der Waals surface area contributed by atoms with E-state index in [2.05, 4.69) is 26.9 Å². The van der Waals surface area contributed by atoms with Crippen LogP contribution in [0.4, 0.5) is 0 Å². The number of H-pyrrole nitrogens is 1. The summed E-state index contributed by atoms with van der Waals surface area (Å²) in [6.07, 6.45) is 7.97. The maximum absolute atomic E-state index is 6.04. The predicted molar refractivity (Wildman–Crippen MR) is 70.0 cm³/mol. The molecular formula is C13H19N5. The Hall–Kier alpha value is -1.49. The molecule has 0 bridgehead atoms. The van der Waals surface area contributed by atoms with E-state index < -0.39 is 0 Å². The number of nitrogens with two attached hydrogens (primary N) is 1. The summed E-state index contributed by atoms with van der Waals surface area (Å²) in [6, 6.07) is 0. The highest BCUT2D eigenvalue weighted by atomic mass is 15.0. The fraction of sp³-hybridized carbons (Fsp3) is 0.615. The van der Waals surface area contributed by atoms with E-state index in [9.17, 15) is 0 Å². The first-order chi connectivity index (χ1) is 8.73. The molecule has 18 heavy (non-hydrogen) atoms. The molecule has 0 aliphatic heterocycles. The van der Waals surface area contributed by atoms with Gasteiger partial charge in [-0.15, -0.1) is 0 Å². The van der Waals surface area contributed by atoms with Crippen molar-refractivity contribution in [3.63, 3.8) is 0 Å². The van der Waals surface area contributed by atoms with Crippen LogP contribution in [0.2, 0.25) is 0 Å². The first kappa shape index (κ1) is 11.6. The van der Waals surface area contributed by atoms with Crippen molar-refractivity contribution in [1.29, 1.82) is 0 Å². The van der Waals surface area contributed by atoms with Crippen molar-refractivity contribution in [1.82, 2.24) is 19.9 Å². The molecule has 2 aromatic heterocycles. The van der Waals surface area contributed by atoms with E-state index in [0.29, 0.717) is 6.54 Å². The molecule has 0 saturated heterocycles. The van der Waals surface area contributed by atoms with Gasteiger partial charge in [-0.25, -0.2) is 15.0 Å². The monoisotopic (exact) mass is 245 g/mol. The maximum Gasteiger partial charge on any atom is 0.180 e. The third-order valence-electron chi connectivity index (χ3n) is 4.29. The Labute approximate surface area is 106 Å². The van der Waals surface area contributed by atoms with Gasteiger partial charge in [0, 0.05) is 12.0 Å². The van der Waals surface area contributed by atoms with Gasteiger partial charge >= 0.3 is 0 Å². The van der Waals surface area contributed by atoms with Crippen LogP contribution in [0.3, 0.4) is 0 Å². The molecule has 1 aliphatic rings. The Morgan fingerprint density at radius 3 is 2.89 bits per heavy atom. The SMILES string of the molecule is CC1CCC(CN)(c2nc3ncncc3[nH]2)CC1. The fourth-order valence-electron chi connectivity index (χ4n) is 2.87. The van der Waals surface area contributed by atoms with Crippen LogP contribution in [0.1, 0.15) is 38.4 Å². The van der Waals surface area contributed by atoms with E-state index >= 15 is 0 Å². The molecule has 0 unspecified atom stereocenters. The highest BCUT2D eigenvalue weighted by molar-refractivity contribution is 5.69. The van der Waals surface area contributed by atoms with Crippen LogP contribution in [-0.4, -0.2) is 26.5 Å². The Morgan fingerprint density at radius 2 is 2.22 bits per heavy atom. The van der Waals surface area contributed by atoms with Gasteiger partial charge in [0.2, 0.25) is 0 Å². The summed E-state index contributed by atoms with van der Waals surface area (Å²) in [7, 11) is 0. The van der Waals surface area contributed by atoms with Crippen molar-refractivity contribution in [2.24, 2.45) is 11.7 Å². The number of hydrogen-bond donors (Lipinski definition) is 2. The lowest BCUT2D eigenvalue weighted by Crippen LogP contribution is -2.39. The van der Waals surface area contributed by atoms with Gasteiger partial charge in [-0.05, 0) is 31.6 Å². The Kier molecular flexibility index (Phi) is 2.78. The third kappa shape index (κ3) is 1.79. The average Bonchev–Trinajstić information content (AvgIpc) is 2.84. The van der Waals surface area contributed by atoms with Gasteiger partial charge in [-0.1, -0.05) is 6.92 Å². The van der Waals surface area contributed by atoms with Gasteiger partial charge in [0.05, 0.1) is 6.20 Å². The van der Waals surface area contributed by atoms with E-state index in [1.54, 1.807) is 6.20 Å². The fourth-order valence-corrected chi connectivity index (χ4v) is 2.87. The zero-order valence-corrected chi connectivity index (χ0v) is 10.7. The summed E-state index contributed by atoms with van der Waals surface area (Å²) in [4.78, 5) is 16.2. The quantitative estimate of drug-likeness (QED) is 0.844. The van der Waals surface area contributed by atoms with E-state index in [1.807, 2.05) is 0 Å².